The summed E-state index contributed by atoms with van der Waals surface area (Å²) < 4.78 is 0. The number of allylic oxidation sites excluding steroid dienone is 6. The van der Waals surface area contributed by atoms with Crippen LogP contribution in [0.5, 0.6) is 0 Å². The van der Waals surface area contributed by atoms with Crippen molar-refractivity contribution in [3.05, 3.63) is 48.6 Å². The first-order valence-electron chi connectivity index (χ1n) is 8.75. The highest BCUT2D eigenvalue weighted by molar-refractivity contribution is 5.66. The highest BCUT2D eigenvalue weighted by atomic mass is 16.4. The van der Waals surface area contributed by atoms with E-state index in [1.165, 1.54) is 0 Å². The van der Waals surface area contributed by atoms with Crippen molar-refractivity contribution in [2.45, 2.75) is 70.5 Å². The lowest BCUT2D eigenvalue weighted by molar-refractivity contribution is -0.137. The number of carbonyl (C=O) groups is 1. The smallest absolute Gasteiger partial charge is 0.303 e. The molecule has 0 unspecified atom stereocenters. The number of unbranched alkanes of at least 4 members (excludes halogenated alkanes) is 1. The van der Waals surface area contributed by atoms with Gasteiger partial charge in [-0.15, -0.1) is 0 Å². The first-order chi connectivity index (χ1) is 11.6. The van der Waals surface area contributed by atoms with Gasteiger partial charge in [-0.25, -0.2) is 0 Å². The van der Waals surface area contributed by atoms with Crippen LogP contribution in [0.15, 0.2) is 48.6 Å². The van der Waals surface area contributed by atoms with Crippen LogP contribution in [0.25, 0.3) is 0 Å². The molecule has 0 aliphatic rings. The Hall–Kier alpha value is -1.65. The summed E-state index contributed by atoms with van der Waals surface area (Å²) in [4.78, 5) is 10.3. The first kappa shape index (κ1) is 22.4. The minimum atomic E-state index is -0.761. The molecular formula is C20H32O4. The van der Waals surface area contributed by atoms with Gasteiger partial charge in [-0.05, 0) is 44.9 Å². The molecule has 0 rings (SSSR count). The summed E-state index contributed by atoms with van der Waals surface area (Å²) in [5, 5.41) is 28.2. The molecular weight excluding hydrogens is 304 g/mol. The predicted octanol–water partition coefficient (Wildman–Crippen LogP) is 4.16. The zero-order chi connectivity index (χ0) is 18.0. The Labute approximate surface area is 145 Å². The maximum absolute atomic E-state index is 10.3. The van der Waals surface area contributed by atoms with Crippen LogP contribution in [-0.2, 0) is 4.79 Å². The van der Waals surface area contributed by atoms with Gasteiger partial charge in [0.15, 0.2) is 0 Å². The number of carboxylic acid groups (broad SMARTS) is 1. The van der Waals surface area contributed by atoms with E-state index in [0.29, 0.717) is 19.3 Å². The molecule has 0 saturated carbocycles. The van der Waals surface area contributed by atoms with Gasteiger partial charge >= 0.3 is 5.97 Å². The minimum Gasteiger partial charge on any atom is -0.481 e. The Balaban J connectivity index is 3.74. The molecule has 0 fully saturated rings. The lowest BCUT2D eigenvalue weighted by Gasteiger charge is -2.14. The fourth-order valence-electron chi connectivity index (χ4n) is 1.98. The molecule has 0 aliphatic carbocycles. The summed E-state index contributed by atoms with van der Waals surface area (Å²) in [6.45, 7) is 2.09. The number of aliphatic carboxylic acids is 1. The van der Waals surface area contributed by atoms with E-state index in [0.717, 1.165) is 25.7 Å². The Kier molecular flexibility index (Phi) is 15.1. The van der Waals surface area contributed by atoms with E-state index < -0.39 is 18.2 Å². The number of hydrogen-bond acceptors (Lipinski definition) is 3. The molecule has 3 N–H and O–H groups in total. The molecule has 0 spiro atoms. The van der Waals surface area contributed by atoms with Crippen molar-refractivity contribution < 1.29 is 20.1 Å². The van der Waals surface area contributed by atoms with E-state index in [1.807, 2.05) is 36.5 Å². The molecule has 4 heteroatoms. The third kappa shape index (κ3) is 15.3. The molecule has 4 nitrogen and oxygen atoms in total. The molecule has 0 aromatic carbocycles. The zero-order valence-corrected chi connectivity index (χ0v) is 14.7. The van der Waals surface area contributed by atoms with Crippen LogP contribution in [0, 0.1) is 0 Å². The fraction of sp³-hybridized carbons (Fsp3) is 0.550. The fourth-order valence-corrected chi connectivity index (χ4v) is 1.98. The highest BCUT2D eigenvalue weighted by Gasteiger charge is 2.12. The quantitative estimate of drug-likeness (QED) is 0.329. The summed E-state index contributed by atoms with van der Waals surface area (Å²) in [6, 6.07) is 0. The van der Waals surface area contributed by atoms with Gasteiger partial charge in [-0.3, -0.25) is 4.79 Å². The second-order valence-corrected chi connectivity index (χ2v) is 5.66. The van der Waals surface area contributed by atoms with Crippen molar-refractivity contribution >= 4 is 5.97 Å². The average molecular weight is 336 g/mol. The van der Waals surface area contributed by atoms with Gasteiger partial charge in [-0.2, -0.15) is 0 Å². The predicted molar refractivity (Wildman–Crippen MR) is 98.8 cm³/mol. The number of carboxylic acids is 1. The van der Waals surface area contributed by atoms with E-state index in [9.17, 15) is 15.0 Å². The molecule has 0 saturated heterocycles. The first-order valence-corrected chi connectivity index (χ1v) is 8.75. The van der Waals surface area contributed by atoms with Gasteiger partial charge in [0.25, 0.3) is 0 Å². The molecule has 0 amide bonds. The molecule has 0 heterocycles. The van der Waals surface area contributed by atoms with Gasteiger partial charge in [0, 0.05) is 6.42 Å². The lowest BCUT2D eigenvalue weighted by atomic mass is 10.1. The van der Waals surface area contributed by atoms with Crippen LogP contribution in [-0.4, -0.2) is 33.5 Å². The van der Waals surface area contributed by atoms with Crippen molar-refractivity contribution in [1.82, 2.24) is 0 Å². The van der Waals surface area contributed by atoms with E-state index in [2.05, 4.69) is 19.1 Å². The van der Waals surface area contributed by atoms with Crippen LogP contribution < -0.4 is 0 Å². The SMILES string of the molecule is CC/C=C\C/C=C\C[C@H](O)[C@@H](O)C/C=C\C/C=C\CCCC(=O)O. The standard InChI is InChI=1S/C20H32O4/c1-2-3-4-5-9-12-15-18(21)19(22)16-13-10-7-6-8-11-14-17-20(23)24/h3-4,6,8-10,12-13,18-19,21-22H,2,5,7,11,14-17H2,1H3,(H,23,24)/b4-3-,8-6-,12-9-,13-10-/t18-,19-/m0/s1. The van der Waals surface area contributed by atoms with Crippen molar-refractivity contribution in [3.63, 3.8) is 0 Å². The number of aliphatic hydroxyl groups is 2. The monoisotopic (exact) mass is 336 g/mol. The van der Waals surface area contributed by atoms with Gasteiger partial charge in [0.05, 0.1) is 12.2 Å². The lowest BCUT2D eigenvalue weighted by Crippen LogP contribution is -2.24. The Morgan fingerprint density at radius 2 is 1.33 bits per heavy atom. The third-order valence-electron chi connectivity index (χ3n) is 3.41. The van der Waals surface area contributed by atoms with Crippen molar-refractivity contribution in [2.24, 2.45) is 0 Å². The largest absolute Gasteiger partial charge is 0.481 e. The van der Waals surface area contributed by atoms with Gasteiger partial charge in [0.2, 0.25) is 0 Å². The number of aliphatic hydroxyl groups excluding tert-OH is 2. The Morgan fingerprint density at radius 3 is 1.83 bits per heavy atom. The average Bonchev–Trinajstić information content (AvgIpc) is 2.55. The second-order valence-electron chi connectivity index (χ2n) is 5.66. The molecule has 0 aromatic heterocycles. The zero-order valence-electron chi connectivity index (χ0n) is 14.7. The van der Waals surface area contributed by atoms with Crippen molar-refractivity contribution in [2.75, 3.05) is 0 Å². The molecule has 0 radical (unpaired) electrons. The summed E-state index contributed by atoms with van der Waals surface area (Å²) in [5.41, 5.74) is 0. The Bertz CT molecular complexity index is 421. The van der Waals surface area contributed by atoms with E-state index >= 15 is 0 Å². The summed E-state index contributed by atoms with van der Waals surface area (Å²) >= 11 is 0. The summed E-state index contributed by atoms with van der Waals surface area (Å²) in [5.74, 6) is -0.761. The van der Waals surface area contributed by atoms with Crippen LogP contribution in [0.4, 0.5) is 0 Å². The van der Waals surface area contributed by atoms with Gasteiger partial charge < -0.3 is 15.3 Å². The molecule has 24 heavy (non-hydrogen) atoms. The van der Waals surface area contributed by atoms with Crippen LogP contribution >= 0.6 is 0 Å². The maximum Gasteiger partial charge on any atom is 0.303 e. The topological polar surface area (TPSA) is 77.8 Å². The third-order valence-corrected chi connectivity index (χ3v) is 3.41. The molecule has 0 aliphatic heterocycles. The van der Waals surface area contributed by atoms with Gasteiger partial charge in [-0.1, -0.05) is 55.5 Å². The Morgan fingerprint density at radius 1 is 0.833 bits per heavy atom. The normalized spacial score (nSPS) is 15.1. The van der Waals surface area contributed by atoms with Gasteiger partial charge in [0.1, 0.15) is 0 Å². The van der Waals surface area contributed by atoms with Crippen molar-refractivity contribution in [1.29, 1.82) is 0 Å². The molecule has 136 valence electrons. The van der Waals surface area contributed by atoms with E-state index in [1.54, 1.807) is 0 Å². The van der Waals surface area contributed by atoms with Crippen LogP contribution in [0.2, 0.25) is 0 Å². The van der Waals surface area contributed by atoms with E-state index in [4.69, 9.17) is 5.11 Å². The van der Waals surface area contributed by atoms with Crippen LogP contribution in [0.3, 0.4) is 0 Å². The molecule has 0 aromatic rings. The summed E-state index contributed by atoms with van der Waals surface area (Å²) in [7, 11) is 0. The van der Waals surface area contributed by atoms with Crippen LogP contribution in [0.1, 0.15) is 58.3 Å². The molecule has 0 bridgehead atoms. The summed E-state index contributed by atoms with van der Waals surface area (Å²) in [6.07, 6.45) is 19.5. The maximum atomic E-state index is 10.3. The number of rotatable bonds is 14. The second kappa shape index (κ2) is 16.2. The van der Waals surface area contributed by atoms with Crippen molar-refractivity contribution in [3.8, 4) is 0 Å². The molecule has 2 atom stereocenters. The minimum absolute atomic E-state index is 0.202. The highest BCUT2D eigenvalue weighted by Crippen LogP contribution is 2.06. The van der Waals surface area contributed by atoms with E-state index in [-0.39, 0.29) is 6.42 Å². The number of hydrogen-bond donors (Lipinski definition) is 3.